The third-order valence-electron chi connectivity index (χ3n) is 7.67. The predicted molar refractivity (Wildman–Crippen MR) is 132 cm³/mol. The highest BCUT2D eigenvalue weighted by Crippen LogP contribution is 2.49. The Kier molecular flexibility index (Phi) is 7.65. The fraction of sp³-hybridized carbons (Fsp3) is 0.714. The zero-order chi connectivity index (χ0) is 25.3. The van der Waals surface area contributed by atoms with E-state index in [0.29, 0.717) is 31.3 Å². The molecular formula is C28H41NO6. The lowest BCUT2D eigenvalue weighted by atomic mass is 9.82. The van der Waals surface area contributed by atoms with Gasteiger partial charge in [-0.3, -0.25) is 4.79 Å². The molecule has 1 aromatic rings. The number of fused-ring (bicyclic) bond motifs is 1. The highest BCUT2D eigenvalue weighted by molar-refractivity contribution is 5.73. The lowest BCUT2D eigenvalue weighted by Gasteiger charge is -2.36. The van der Waals surface area contributed by atoms with E-state index in [-0.39, 0.29) is 30.0 Å². The molecule has 0 bridgehead atoms. The molecule has 194 valence electrons. The Balaban J connectivity index is 1.39. The molecule has 0 radical (unpaired) electrons. The number of piperidine rings is 1. The summed E-state index contributed by atoms with van der Waals surface area (Å²) < 4.78 is 17.0. The fourth-order valence-electron chi connectivity index (χ4n) is 5.69. The summed E-state index contributed by atoms with van der Waals surface area (Å²) in [4.78, 5) is 26.4. The molecule has 1 amide bonds. The number of benzene rings is 1. The Morgan fingerprint density at radius 2 is 1.86 bits per heavy atom. The first-order chi connectivity index (χ1) is 16.6. The second kappa shape index (κ2) is 10.4. The van der Waals surface area contributed by atoms with Crippen LogP contribution in [0.4, 0.5) is 4.79 Å². The van der Waals surface area contributed by atoms with E-state index in [9.17, 15) is 14.7 Å². The first kappa shape index (κ1) is 25.8. The summed E-state index contributed by atoms with van der Waals surface area (Å²) in [6.07, 6.45) is 4.62. The highest BCUT2D eigenvalue weighted by atomic mass is 16.6. The molecule has 1 saturated carbocycles. The van der Waals surface area contributed by atoms with Crippen molar-refractivity contribution in [3.05, 3.63) is 29.3 Å². The van der Waals surface area contributed by atoms with Gasteiger partial charge >= 0.3 is 12.1 Å². The second-order valence-electron chi connectivity index (χ2n) is 11.6. The van der Waals surface area contributed by atoms with E-state index in [1.807, 2.05) is 45.9 Å². The summed E-state index contributed by atoms with van der Waals surface area (Å²) in [5.41, 5.74) is 1.42. The van der Waals surface area contributed by atoms with Gasteiger partial charge in [-0.1, -0.05) is 19.1 Å². The van der Waals surface area contributed by atoms with Crippen LogP contribution in [0, 0.1) is 17.8 Å². The van der Waals surface area contributed by atoms with Crippen LogP contribution >= 0.6 is 0 Å². The Labute approximate surface area is 209 Å². The molecule has 1 aromatic carbocycles. The summed E-state index contributed by atoms with van der Waals surface area (Å²) in [7, 11) is 1.44. The fourth-order valence-corrected chi connectivity index (χ4v) is 5.69. The zero-order valence-corrected chi connectivity index (χ0v) is 21.8. The summed E-state index contributed by atoms with van der Waals surface area (Å²) in [6.45, 7) is 8.96. The molecule has 1 saturated heterocycles. The van der Waals surface area contributed by atoms with Crippen molar-refractivity contribution in [1.29, 1.82) is 0 Å². The number of carbonyl (C=O) groups is 2. The molecule has 4 atom stereocenters. The summed E-state index contributed by atoms with van der Waals surface area (Å²) in [5, 5.41) is 10.8. The molecule has 4 unspecified atom stereocenters. The first-order valence-corrected chi connectivity index (χ1v) is 13.1. The average molecular weight is 488 g/mol. The van der Waals surface area contributed by atoms with Gasteiger partial charge in [0, 0.05) is 25.1 Å². The number of ether oxygens (including phenoxy) is 3. The molecule has 0 spiro atoms. The number of likely N-dealkylation sites (tertiary alicyclic amines) is 1. The number of methoxy groups -OCH3 is 1. The zero-order valence-electron chi connectivity index (χ0n) is 21.8. The van der Waals surface area contributed by atoms with Crippen LogP contribution in [0.3, 0.4) is 0 Å². The Morgan fingerprint density at radius 1 is 1.17 bits per heavy atom. The van der Waals surface area contributed by atoms with Gasteiger partial charge in [0.05, 0.1) is 19.1 Å². The van der Waals surface area contributed by atoms with Gasteiger partial charge in [-0.15, -0.1) is 0 Å². The van der Waals surface area contributed by atoms with Crippen LogP contribution in [-0.4, -0.2) is 54.0 Å². The topological polar surface area (TPSA) is 85.3 Å². The third kappa shape index (κ3) is 6.29. The third-order valence-corrected chi connectivity index (χ3v) is 7.67. The maximum absolute atomic E-state index is 12.4. The van der Waals surface area contributed by atoms with Crippen molar-refractivity contribution < 1.29 is 28.9 Å². The van der Waals surface area contributed by atoms with Crippen LogP contribution in [0.15, 0.2) is 18.2 Å². The largest absolute Gasteiger partial charge is 0.490 e. The van der Waals surface area contributed by atoms with Gasteiger partial charge in [0.2, 0.25) is 0 Å². The van der Waals surface area contributed by atoms with Gasteiger partial charge in [-0.05, 0) is 82.3 Å². The summed E-state index contributed by atoms with van der Waals surface area (Å²) >= 11 is 0. The van der Waals surface area contributed by atoms with Gasteiger partial charge < -0.3 is 24.2 Å². The van der Waals surface area contributed by atoms with E-state index in [1.165, 1.54) is 7.11 Å². The number of esters is 1. The van der Waals surface area contributed by atoms with Crippen molar-refractivity contribution in [3.63, 3.8) is 0 Å². The van der Waals surface area contributed by atoms with Crippen molar-refractivity contribution in [3.8, 4) is 5.75 Å². The molecule has 2 heterocycles. The molecular weight excluding hydrogens is 446 g/mol. The summed E-state index contributed by atoms with van der Waals surface area (Å²) in [6, 6.07) is 6.04. The molecule has 1 N–H and O–H groups in total. The van der Waals surface area contributed by atoms with Crippen molar-refractivity contribution in [2.75, 3.05) is 20.2 Å². The van der Waals surface area contributed by atoms with Crippen molar-refractivity contribution in [2.24, 2.45) is 17.8 Å². The Bertz CT molecular complexity index is 913. The number of aliphatic hydroxyl groups excluding tert-OH is 1. The number of hydrogen-bond donors (Lipinski definition) is 1. The Hall–Kier alpha value is -2.28. The van der Waals surface area contributed by atoms with Crippen molar-refractivity contribution in [1.82, 2.24) is 4.90 Å². The summed E-state index contributed by atoms with van der Waals surface area (Å²) in [5.74, 6) is 1.36. The van der Waals surface area contributed by atoms with Crippen LogP contribution in [0.1, 0.15) is 89.4 Å². The van der Waals surface area contributed by atoms with Crippen molar-refractivity contribution in [2.45, 2.75) is 89.9 Å². The normalized spacial score (nSPS) is 24.7. The lowest BCUT2D eigenvalue weighted by molar-refractivity contribution is -0.145. The molecule has 35 heavy (non-hydrogen) atoms. The van der Waals surface area contributed by atoms with Gasteiger partial charge in [0.1, 0.15) is 17.5 Å². The monoisotopic (exact) mass is 487 g/mol. The quantitative estimate of drug-likeness (QED) is 0.555. The number of aliphatic hydroxyl groups is 1. The molecule has 2 fully saturated rings. The van der Waals surface area contributed by atoms with E-state index in [1.54, 1.807) is 4.90 Å². The Morgan fingerprint density at radius 3 is 2.46 bits per heavy atom. The lowest BCUT2D eigenvalue weighted by Crippen LogP contribution is -2.42. The number of rotatable bonds is 6. The SMILES string of the molecule is COC(=O)C(C)C(c1ccc2c(c1)OC(CC1CCN(C(=O)OC(C)(C)C)CC1)CC2O)C1CC1. The van der Waals surface area contributed by atoms with Gasteiger partial charge in [-0.25, -0.2) is 4.79 Å². The molecule has 0 aromatic heterocycles. The number of amides is 1. The van der Waals surface area contributed by atoms with E-state index >= 15 is 0 Å². The van der Waals surface area contributed by atoms with E-state index in [0.717, 1.165) is 49.0 Å². The van der Waals surface area contributed by atoms with Crippen LogP contribution in [0.2, 0.25) is 0 Å². The number of nitrogens with zero attached hydrogens (tertiary/aromatic N) is 1. The highest BCUT2D eigenvalue weighted by Gasteiger charge is 2.40. The minimum Gasteiger partial charge on any atom is -0.490 e. The standard InChI is InChI=1S/C28H41NO6/c1-17(26(31)33-5)25(19-6-7-19)20-8-9-22-23(30)16-21(34-24(22)15-20)14-18-10-12-29(13-11-18)27(32)35-28(2,3)4/h8-9,15,17-19,21,23,25,30H,6-7,10-14,16H2,1-5H3. The molecule has 7 heteroatoms. The predicted octanol–water partition coefficient (Wildman–Crippen LogP) is 5.21. The van der Waals surface area contributed by atoms with E-state index < -0.39 is 11.7 Å². The van der Waals surface area contributed by atoms with Gasteiger partial charge in [-0.2, -0.15) is 0 Å². The minimum atomic E-state index is -0.558. The van der Waals surface area contributed by atoms with Crippen LogP contribution < -0.4 is 4.74 Å². The van der Waals surface area contributed by atoms with Crippen LogP contribution in [-0.2, 0) is 14.3 Å². The molecule has 7 nitrogen and oxygen atoms in total. The molecule has 1 aliphatic carbocycles. The maximum Gasteiger partial charge on any atom is 0.410 e. The maximum atomic E-state index is 12.4. The average Bonchev–Trinajstić information content (AvgIpc) is 3.63. The van der Waals surface area contributed by atoms with E-state index in [4.69, 9.17) is 14.2 Å². The van der Waals surface area contributed by atoms with Gasteiger partial charge in [0.15, 0.2) is 0 Å². The molecule has 3 aliphatic rings. The second-order valence-corrected chi connectivity index (χ2v) is 11.6. The van der Waals surface area contributed by atoms with Gasteiger partial charge in [0.25, 0.3) is 0 Å². The minimum absolute atomic E-state index is 0.0665. The number of hydrogen-bond acceptors (Lipinski definition) is 6. The smallest absolute Gasteiger partial charge is 0.410 e. The van der Waals surface area contributed by atoms with Crippen molar-refractivity contribution >= 4 is 12.1 Å². The van der Waals surface area contributed by atoms with Crippen LogP contribution in [0.5, 0.6) is 5.75 Å². The van der Waals surface area contributed by atoms with Crippen LogP contribution in [0.25, 0.3) is 0 Å². The molecule has 2 aliphatic heterocycles. The number of carbonyl (C=O) groups excluding carboxylic acids is 2. The van der Waals surface area contributed by atoms with E-state index in [2.05, 4.69) is 0 Å². The molecule has 4 rings (SSSR count). The first-order valence-electron chi connectivity index (χ1n) is 13.1.